The van der Waals surface area contributed by atoms with E-state index in [1.54, 1.807) is 0 Å². The molecule has 1 saturated heterocycles. The van der Waals surface area contributed by atoms with Crippen molar-refractivity contribution in [2.24, 2.45) is 10.9 Å². The van der Waals surface area contributed by atoms with Crippen molar-refractivity contribution in [1.82, 2.24) is 10.6 Å². The van der Waals surface area contributed by atoms with E-state index >= 15 is 0 Å². The van der Waals surface area contributed by atoms with Crippen molar-refractivity contribution in [2.75, 3.05) is 31.1 Å². The molecular formula is C21H27F2IN4. The molecule has 0 aromatic heterocycles. The summed E-state index contributed by atoms with van der Waals surface area (Å²) in [6.45, 7) is 5.61. The fourth-order valence-electron chi connectivity index (χ4n) is 3.28. The highest BCUT2D eigenvalue weighted by Gasteiger charge is 2.22. The Morgan fingerprint density at radius 1 is 1.14 bits per heavy atom. The zero-order chi connectivity index (χ0) is 19.1. The molecule has 2 aromatic rings. The standard InChI is InChI=1S/C21H26F2N4.HI/c1-2-24-21(26-14-17-12-18(22)8-9-20(17)23)25-13-16-10-11-27(15-16)19-6-4-3-5-7-19;/h3-9,12,16H,2,10-11,13-15H2,1H3,(H2,24,25,26);1H. The van der Waals surface area contributed by atoms with E-state index in [-0.39, 0.29) is 36.1 Å². The van der Waals surface area contributed by atoms with Gasteiger partial charge in [-0.2, -0.15) is 0 Å². The van der Waals surface area contributed by atoms with Crippen LogP contribution in [0.25, 0.3) is 0 Å². The van der Waals surface area contributed by atoms with E-state index in [9.17, 15) is 8.78 Å². The third-order valence-corrected chi connectivity index (χ3v) is 4.72. The van der Waals surface area contributed by atoms with E-state index in [0.29, 0.717) is 18.4 Å². The molecule has 1 aliphatic heterocycles. The Balaban J connectivity index is 0.00000280. The second kappa shape index (κ2) is 11.2. The second-order valence-corrected chi connectivity index (χ2v) is 6.75. The minimum atomic E-state index is -0.452. The van der Waals surface area contributed by atoms with Gasteiger partial charge in [-0.1, -0.05) is 18.2 Å². The van der Waals surface area contributed by atoms with Gasteiger partial charge in [-0.05, 0) is 49.6 Å². The maximum Gasteiger partial charge on any atom is 0.191 e. The molecule has 7 heteroatoms. The van der Waals surface area contributed by atoms with E-state index in [4.69, 9.17) is 0 Å². The van der Waals surface area contributed by atoms with Crippen LogP contribution in [0.4, 0.5) is 14.5 Å². The number of hydrogen-bond acceptors (Lipinski definition) is 2. The minimum Gasteiger partial charge on any atom is -0.371 e. The van der Waals surface area contributed by atoms with Gasteiger partial charge in [0.2, 0.25) is 0 Å². The van der Waals surface area contributed by atoms with Gasteiger partial charge in [0.05, 0.1) is 6.54 Å². The fourth-order valence-corrected chi connectivity index (χ4v) is 3.28. The number of para-hydroxylation sites is 1. The van der Waals surface area contributed by atoms with E-state index in [1.165, 1.54) is 11.8 Å². The lowest BCUT2D eigenvalue weighted by Gasteiger charge is -2.19. The Bertz CT molecular complexity index is 770. The molecule has 152 valence electrons. The van der Waals surface area contributed by atoms with Gasteiger partial charge < -0.3 is 15.5 Å². The Labute approximate surface area is 182 Å². The van der Waals surface area contributed by atoms with Crippen LogP contribution < -0.4 is 15.5 Å². The van der Waals surface area contributed by atoms with Crippen molar-refractivity contribution in [2.45, 2.75) is 19.9 Å². The third-order valence-electron chi connectivity index (χ3n) is 4.72. The molecule has 0 spiro atoms. The summed E-state index contributed by atoms with van der Waals surface area (Å²) in [7, 11) is 0. The first-order valence-corrected chi connectivity index (χ1v) is 9.42. The van der Waals surface area contributed by atoms with Gasteiger partial charge in [-0.3, -0.25) is 0 Å². The van der Waals surface area contributed by atoms with Crippen LogP contribution >= 0.6 is 24.0 Å². The summed E-state index contributed by atoms with van der Waals surface area (Å²) < 4.78 is 27.1. The largest absolute Gasteiger partial charge is 0.371 e. The van der Waals surface area contributed by atoms with Crippen LogP contribution in [0.5, 0.6) is 0 Å². The summed E-state index contributed by atoms with van der Waals surface area (Å²) in [6.07, 6.45) is 1.11. The predicted molar refractivity (Wildman–Crippen MR) is 121 cm³/mol. The van der Waals surface area contributed by atoms with Crippen LogP contribution in [0.1, 0.15) is 18.9 Å². The number of rotatable bonds is 6. The van der Waals surface area contributed by atoms with Gasteiger partial charge in [-0.25, -0.2) is 13.8 Å². The lowest BCUT2D eigenvalue weighted by molar-refractivity contribution is 0.564. The second-order valence-electron chi connectivity index (χ2n) is 6.75. The Morgan fingerprint density at radius 2 is 1.93 bits per heavy atom. The molecule has 0 radical (unpaired) electrons. The Hall–Kier alpha value is -1.90. The van der Waals surface area contributed by atoms with Crippen molar-refractivity contribution in [3.63, 3.8) is 0 Å². The number of guanidine groups is 1. The van der Waals surface area contributed by atoms with Crippen LogP contribution in [0.3, 0.4) is 0 Å². The molecule has 1 unspecified atom stereocenters. The molecule has 1 atom stereocenters. The highest BCUT2D eigenvalue weighted by atomic mass is 127. The zero-order valence-corrected chi connectivity index (χ0v) is 18.3. The lowest BCUT2D eigenvalue weighted by atomic mass is 10.1. The molecule has 4 nitrogen and oxygen atoms in total. The van der Waals surface area contributed by atoms with Crippen molar-refractivity contribution >= 4 is 35.6 Å². The Morgan fingerprint density at radius 3 is 2.68 bits per heavy atom. The van der Waals surface area contributed by atoms with Gasteiger partial charge in [0.15, 0.2) is 5.96 Å². The molecule has 0 saturated carbocycles. The number of aliphatic imine (C=N–C) groups is 1. The summed E-state index contributed by atoms with van der Waals surface area (Å²) in [5.41, 5.74) is 1.51. The summed E-state index contributed by atoms with van der Waals surface area (Å²) in [5, 5.41) is 6.50. The quantitative estimate of drug-likeness (QED) is 0.356. The lowest BCUT2D eigenvalue weighted by Crippen LogP contribution is -2.40. The topological polar surface area (TPSA) is 39.7 Å². The molecule has 3 rings (SSSR count). The van der Waals surface area contributed by atoms with Crippen molar-refractivity contribution in [3.8, 4) is 0 Å². The SMILES string of the molecule is CCNC(=NCc1cc(F)ccc1F)NCC1CCN(c2ccccc2)C1.I. The molecule has 1 aliphatic rings. The molecule has 0 bridgehead atoms. The first-order chi connectivity index (χ1) is 13.2. The fraction of sp³-hybridized carbons (Fsp3) is 0.381. The average Bonchev–Trinajstić information content (AvgIpc) is 3.16. The average molecular weight is 500 g/mol. The van der Waals surface area contributed by atoms with E-state index in [2.05, 4.69) is 44.8 Å². The smallest absolute Gasteiger partial charge is 0.191 e. The first kappa shape index (κ1) is 22.4. The number of benzene rings is 2. The number of nitrogens with one attached hydrogen (secondary N) is 2. The van der Waals surface area contributed by atoms with E-state index in [1.807, 2.05) is 13.0 Å². The molecule has 1 fully saturated rings. The van der Waals surface area contributed by atoms with Crippen LogP contribution in [0, 0.1) is 17.6 Å². The number of anilines is 1. The van der Waals surface area contributed by atoms with E-state index < -0.39 is 11.6 Å². The third kappa shape index (κ3) is 6.32. The van der Waals surface area contributed by atoms with Gasteiger partial charge in [0.1, 0.15) is 11.6 Å². The molecule has 1 heterocycles. The molecule has 0 aliphatic carbocycles. The molecule has 0 amide bonds. The van der Waals surface area contributed by atoms with Gasteiger partial charge in [0, 0.05) is 37.4 Å². The number of halogens is 3. The summed E-state index contributed by atoms with van der Waals surface area (Å²) >= 11 is 0. The molecule has 2 aromatic carbocycles. The monoisotopic (exact) mass is 500 g/mol. The van der Waals surface area contributed by atoms with Crippen LogP contribution in [0.2, 0.25) is 0 Å². The molecule has 2 N–H and O–H groups in total. The predicted octanol–water partition coefficient (Wildman–Crippen LogP) is 4.16. The summed E-state index contributed by atoms with van der Waals surface area (Å²) in [5.74, 6) is 0.246. The van der Waals surface area contributed by atoms with Crippen LogP contribution in [-0.2, 0) is 6.54 Å². The van der Waals surface area contributed by atoms with Crippen LogP contribution in [0.15, 0.2) is 53.5 Å². The van der Waals surface area contributed by atoms with Gasteiger partial charge in [0.25, 0.3) is 0 Å². The molecule has 28 heavy (non-hydrogen) atoms. The van der Waals surface area contributed by atoms with Crippen molar-refractivity contribution in [1.29, 1.82) is 0 Å². The highest BCUT2D eigenvalue weighted by molar-refractivity contribution is 14.0. The van der Waals surface area contributed by atoms with Crippen LogP contribution in [-0.4, -0.2) is 32.1 Å². The maximum absolute atomic E-state index is 13.8. The first-order valence-electron chi connectivity index (χ1n) is 9.42. The van der Waals surface area contributed by atoms with E-state index in [0.717, 1.165) is 38.2 Å². The van der Waals surface area contributed by atoms with Crippen molar-refractivity contribution in [3.05, 3.63) is 65.7 Å². The summed E-state index contributed by atoms with van der Waals surface area (Å²) in [6, 6.07) is 13.9. The zero-order valence-electron chi connectivity index (χ0n) is 16.0. The number of hydrogen-bond donors (Lipinski definition) is 2. The molecular weight excluding hydrogens is 473 g/mol. The Kier molecular flexibility index (Phi) is 8.95. The summed E-state index contributed by atoms with van der Waals surface area (Å²) in [4.78, 5) is 6.79. The van der Waals surface area contributed by atoms with Gasteiger partial charge >= 0.3 is 0 Å². The normalized spacial score (nSPS) is 16.6. The highest BCUT2D eigenvalue weighted by Crippen LogP contribution is 2.22. The van der Waals surface area contributed by atoms with Crippen molar-refractivity contribution < 1.29 is 8.78 Å². The minimum absolute atomic E-state index is 0. The maximum atomic E-state index is 13.8. The van der Waals surface area contributed by atoms with Gasteiger partial charge in [-0.15, -0.1) is 24.0 Å². The number of nitrogens with zero attached hydrogens (tertiary/aromatic N) is 2.